The van der Waals surface area contributed by atoms with Gasteiger partial charge < -0.3 is 14.8 Å². The third-order valence-electron chi connectivity index (χ3n) is 5.23. The Morgan fingerprint density at radius 2 is 1.62 bits per heavy atom. The van der Waals surface area contributed by atoms with Gasteiger partial charge in [-0.3, -0.25) is 9.59 Å². The number of benzene rings is 3. The smallest absolute Gasteiger partial charge is 0.282 e. The molecule has 0 saturated carbocycles. The lowest BCUT2D eigenvalue weighted by atomic mass is 10.0. The van der Waals surface area contributed by atoms with E-state index >= 15 is 0 Å². The molecule has 0 aliphatic carbocycles. The first-order valence-electron chi connectivity index (χ1n) is 9.88. The predicted octanol–water partition coefficient (Wildman–Crippen LogP) is 5.06. The Bertz CT molecular complexity index is 1240. The molecule has 0 spiro atoms. The average Bonchev–Trinajstić information content (AvgIpc) is 3.05. The first kappa shape index (κ1) is 21.5. The summed E-state index contributed by atoms with van der Waals surface area (Å²) in [5, 5.41) is 3.67. The topological polar surface area (TPSA) is 67.9 Å². The number of halogens is 1. The maximum atomic E-state index is 13.6. The lowest BCUT2D eigenvalue weighted by Crippen LogP contribution is -2.32. The molecule has 6 nitrogen and oxygen atoms in total. The average molecular weight is 449 g/mol. The highest BCUT2D eigenvalue weighted by atomic mass is 35.5. The third kappa shape index (κ3) is 3.81. The highest BCUT2D eigenvalue weighted by molar-refractivity contribution is 6.46. The van der Waals surface area contributed by atoms with Gasteiger partial charge in [-0.25, -0.2) is 4.90 Å². The van der Waals surface area contributed by atoms with Crippen LogP contribution in [0.25, 0.3) is 5.57 Å². The van der Waals surface area contributed by atoms with Crippen LogP contribution in [0.3, 0.4) is 0 Å². The Balaban J connectivity index is 1.87. The highest BCUT2D eigenvalue weighted by Crippen LogP contribution is 2.40. The van der Waals surface area contributed by atoms with E-state index in [0.717, 1.165) is 10.5 Å². The lowest BCUT2D eigenvalue weighted by molar-refractivity contribution is -0.120. The van der Waals surface area contributed by atoms with E-state index in [9.17, 15) is 9.59 Å². The molecule has 0 unspecified atom stereocenters. The van der Waals surface area contributed by atoms with E-state index in [1.165, 1.54) is 14.2 Å². The Labute approximate surface area is 191 Å². The monoisotopic (exact) mass is 448 g/mol. The van der Waals surface area contributed by atoms with E-state index < -0.39 is 11.8 Å². The summed E-state index contributed by atoms with van der Waals surface area (Å²) in [4.78, 5) is 28.3. The molecule has 1 aliphatic heterocycles. The van der Waals surface area contributed by atoms with Gasteiger partial charge in [-0.05, 0) is 42.3 Å². The van der Waals surface area contributed by atoms with Crippen molar-refractivity contribution in [1.29, 1.82) is 0 Å². The van der Waals surface area contributed by atoms with Crippen LogP contribution in [-0.2, 0) is 9.59 Å². The summed E-state index contributed by atoms with van der Waals surface area (Å²) in [6, 6.07) is 19.4. The first-order chi connectivity index (χ1) is 15.4. The van der Waals surface area contributed by atoms with Gasteiger partial charge in [0.2, 0.25) is 0 Å². The molecular formula is C25H21ClN2O4. The molecule has 32 heavy (non-hydrogen) atoms. The number of methoxy groups -OCH3 is 2. The van der Waals surface area contributed by atoms with Crippen molar-refractivity contribution in [2.75, 3.05) is 24.4 Å². The van der Waals surface area contributed by atoms with Crippen LogP contribution >= 0.6 is 11.6 Å². The number of hydrogen-bond acceptors (Lipinski definition) is 5. The Kier molecular flexibility index (Phi) is 5.88. The van der Waals surface area contributed by atoms with Crippen LogP contribution in [0.1, 0.15) is 11.1 Å². The number of anilines is 2. The van der Waals surface area contributed by atoms with Gasteiger partial charge in [-0.2, -0.15) is 0 Å². The second-order valence-corrected chi connectivity index (χ2v) is 7.62. The zero-order chi connectivity index (χ0) is 22.8. The van der Waals surface area contributed by atoms with Gasteiger partial charge in [0, 0.05) is 16.8 Å². The molecule has 4 rings (SSSR count). The molecule has 0 aromatic heterocycles. The van der Waals surface area contributed by atoms with Gasteiger partial charge in [0.15, 0.2) is 0 Å². The molecule has 0 radical (unpaired) electrons. The summed E-state index contributed by atoms with van der Waals surface area (Å²) in [7, 11) is 3.00. The minimum absolute atomic E-state index is 0.163. The van der Waals surface area contributed by atoms with E-state index in [2.05, 4.69) is 5.32 Å². The summed E-state index contributed by atoms with van der Waals surface area (Å²) in [5.74, 6) is -0.0930. The Morgan fingerprint density at radius 3 is 2.31 bits per heavy atom. The number of carbonyl (C=O) groups excluding carboxylic acids is 2. The van der Waals surface area contributed by atoms with Crippen molar-refractivity contribution in [3.05, 3.63) is 88.6 Å². The van der Waals surface area contributed by atoms with Crippen molar-refractivity contribution in [2.45, 2.75) is 6.92 Å². The van der Waals surface area contributed by atoms with Crippen molar-refractivity contribution >= 4 is 40.4 Å². The quantitative estimate of drug-likeness (QED) is 0.534. The summed E-state index contributed by atoms with van der Waals surface area (Å²) < 4.78 is 10.7. The van der Waals surface area contributed by atoms with Crippen LogP contribution in [0.2, 0.25) is 5.02 Å². The van der Waals surface area contributed by atoms with Crippen LogP contribution in [0.15, 0.2) is 72.4 Å². The van der Waals surface area contributed by atoms with Crippen LogP contribution in [-0.4, -0.2) is 26.0 Å². The minimum atomic E-state index is -0.500. The number of nitrogens with zero attached hydrogens (tertiary/aromatic N) is 1. The van der Waals surface area contributed by atoms with Crippen molar-refractivity contribution in [3.8, 4) is 11.5 Å². The Hall–Kier alpha value is -3.77. The van der Waals surface area contributed by atoms with E-state index in [4.69, 9.17) is 21.1 Å². The van der Waals surface area contributed by atoms with Crippen LogP contribution in [0, 0.1) is 6.92 Å². The van der Waals surface area contributed by atoms with Crippen LogP contribution in [0.4, 0.5) is 11.4 Å². The zero-order valence-corrected chi connectivity index (χ0v) is 18.6. The second-order valence-electron chi connectivity index (χ2n) is 7.18. The van der Waals surface area contributed by atoms with Gasteiger partial charge in [0.1, 0.15) is 17.2 Å². The molecule has 3 aromatic rings. The number of hydrogen-bond donors (Lipinski definition) is 1. The van der Waals surface area contributed by atoms with Gasteiger partial charge in [-0.1, -0.05) is 48.0 Å². The number of aryl methyl sites for hydroxylation is 1. The summed E-state index contributed by atoms with van der Waals surface area (Å²) in [6.45, 7) is 1.89. The zero-order valence-electron chi connectivity index (χ0n) is 17.8. The molecule has 0 saturated heterocycles. The number of ether oxygens (including phenoxy) is 2. The van der Waals surface area contributed by atoms with Gasteiger partial charge in [-0.15, -0.1) is 0 Å². The first-order valence-corrected chi connectivity index (χ1v) is 10.3. The fraction of sp³-hybridized carbons (Fsp3) is 0.120. The number of amides is 2. The van der Waals surface area contributed by atoms with Gasteiger partial charge in [0.05, 0.1) is 25.5 Å². The normalized spacial score (nSPS) is 13.6. The second kappa shape index (κ2) is 8.77. The van der Waals surface area contributed by atoms with Gasteiger partial charge >= 0.3 is 0 Å². The predicted molar refractivity (Wildman–Crippen MR) is 125 cm³/mol. The lowest BCUT2D eigenvalue weighted by Gasteiger charge is -2.19. The molecule has 2 amide bonds. The fourth-order valence-corrected chi connectivity index (χ4v) is 3.74. The molecule has 1 aliphatic rings. The molecule has 0 bridgehead atoms. The Morgan fingerprint density at radius 1 is 0.875 bits per heavy atom. The number of rotatable bonds is 6. The molecule has 1 N–H and O–H groups in total. The molecule has 7 heteroatoms. The molecule has 3 aromatic carbocycles. The highest BCUT2D eigenvalue weighted by Gasteiger charge is 2.41. The minimum Gasteiger partial charge on any atom is -0.497 e. The van der Waals surface area contributed by atoms with E-state index in [1.54, 1.807) is 42.5 Å². The molecule has 1 heterocycles. The van der Waals surface area contributed by atoms with Crippen LogP contribution in [0.5, 0.6) is 11.5 Å². The van der Waals surface area contributed by atoms with E-state index in [1.807, 2.05) is 31.2 Å². The van der Waals surface area contributed by atoms with Crippen molar-refractivity contribution in [2.24, 2.45) is 0 Å². The molecule has 162 valence electrons. The maximum Gasteiger partial charge on any atom is 0.282 e. The maximum absolute atomic E-state index is 13.6. The standard InChI is InChI=1S/C25H21ClN2O4/c1-15-9-10-17(26)13-19(15)27-23-22(16-7-5-4-6-8-16)24(29)28(25(23)30)20-14-18(31-2)11-12-21(20)32-3/h4-14,27H,1-3H3. The summed E-state index contributed by atoms with van der Waals surface area (Å²) >= 11 is 6.17. The van der Waals surface area contributed by atoms with Crippen LogP contribution < -0.4 is 19.7 Å². The molecule has 0 fully saturated rings. The van der Waals surface area contributed by atoms with Crippen molar-refractivity contribution in [3.63, 3.8) is 0 Å². The van der Waals surface area contributed by atoms with Crippen molar-refractivity contribution in [1.82, 2.24) is 0 Å². The number of nitrogens with one attached hydrogen (secondary N) is 1. The molecular weight excluding hydrogens is 428 g/mol. The van der Waals surface area contributed by atoms with E-state index in [-0.39, 0.29) is 11.3 Å². The summed E-state index contributed by atoms with van der Waals surface area (Å²) in [5.41, 5.74) is 2.87. The fourth-order valence-electron chi connectivity index (χ4n) is 3.57. The SMILES string of the molecule is COc1ccc(OC)c(N2C(=O)C(Nc3cc(Cl)ccc3C)=C(c3ccccc3)C2=O)c1. The summed E-state index contributed by atoms with van der Waals surface area (Å²) in [6.07, 6.45) is 0. The largest absolute Gasteiger partial charge is 0.497 e. The van der Waals surface area contributed by atoms with Crippen molar-refractivity contribution < 1.29 is 19.1 Å². The van der Waals surface area contributed by atoms with E-state index in [0.29, 0.717) is 33.5 Å². The third-order valence-corrected chi connectivity index (χ3v) is 5.47. The number of carbonyl (C=O) groups is 2. The van der Waals surface area contributed by atoms with Gasteiger partial charge in [0.25, 0.3) is 11.8 Å². The molecule has 0 atom stereocenters. The number of imide groups is 1.